The van der Waals surface area contributed by atoms with Crippen LogP contribution in [-0.2, 0) is 14.8 Å². The third-order valence-corrected chi connectivity index (χ3v) is 5.46. The van der Waals surface area contributed by atoms with Crippen molar-refractivity contribution >= 4 is 21.6 Å². The van der Waals surface area contributed by atoms with Gasteiger partial charge in [0.2, 0.25) is 10.0 Å². The SMILES string of the molecule is CCC1(CC)CC(NS(=O)(=O)CCCCl)CCO1. The van der Waals surface area contributed by atoms with Crippen LogP contribution in [0.25, 0.3) is 0 Å². The summed E-state index contributed by atoms with van der Waals surface area (Å²) in [7, 11) is -3.20. The fourth-order valence-electron chi connectivity index (χ4n) is 2.43. The molecule has 0 aromatic heterocycles. The molecule has 1 N–H and O–H groups in total. The molecule has 0 spiro atoms. The molecule has 1 unspecified atom stereocenters. The quantitative estimate of drug-likeness (QED) is 0.734. The van der Waals surface area contributed by atoms with E-state index in [1.807, 2.05) is 0 Å². The van der Waals surface area contributed by atoms with Crippen LogP contribution < -0.4 is 4.72 Å². The van der Waals surface area contributed by atoms with Crippen LogP contribution in [0.3, 0.4) is 0 Å². The summed E-state index contributed by atoms with van der Waals surface area (Å²) >= 11 is 5.53. The molecular weight excluding hydrogens is 274 g/mol. The first kappa shape index (κ1) is 16.2. The lowest BCUT2D eigenvalue weighted by Crippen LogP contribution is -2.48. The molecule has 6 heteroatoms. The standard InChI is InChI=1S/C12H24ClNO3S/c1-3-12(4-2)10-11(6-8-17-12)14-18(15,16)9-5-7-13/h11,14H,3-10H2,1-2H3. The monoisotopic (exact) mass is 297 g/mol. The van der Waals surface area contributed by atoms with Crippen LogP contribution >= 0.6 is 11.6 Å². The molecule has 1 fully saturated rings. The highest BCUT2D eigenvalue weighted by molar-refractivity contribution is 7.89. The predicted octanol–water partition coefficient (Wildman–Crippen LogP) is 2.27. The number of halogens is 1. The van der Waals surface area contributed by atoms with Crippen LogP contribution in [0, 0.1) is 0 Å². The molecule has 1 aliphatic rings. The molecule has 0 aromatic rings. The topological polar surface area (TPSA) is 55.4 Å². The maximum Gasteiger partial charge on any atom is 0.211 e. The third kappa shape index (κ3) is 4.68. The first-order valence-corrected chi connectivity index (χ1v) is 8.85. The number of rotatable bonds is 7. The lowest BCUT2D eigenvalue weighted by molar-refractivity contribution is -0.0905. The van der Waals surface area contributed by atoms with Crippen LogP contribution in [-0.4, -0.2) is 38.3 Å². The number of hydrogen-bond donors (Lipinski definition) is 1. The van der Waals surface area contributed by atoms with Gasteiger partial charge in [-0.3, -0.25) is 0 Å². The molecule has 0 amide bonds. The van der Waals surface area contributed by atoms with Gasteiger partial charge in [0.15, 0.2) is 0 Å². The highest BCUT2D eigenvalue weighted by atomic mass is 35.5. The van der Waals surface area contributed by atoms with Gasteiger partial charge in [-0.1, -0.05) is 13.8 Å². The Kier molecular flexibility index (Phi) is 6.38. The molecule has 0 aromatic carbocycles. The Hall–Kier alpha value is 0.160. The number of sulfonamides is 1. The molecule has 1 heterocycles. The first-order chi connectivity index (χ1) is 8.47. The van der Waals surface area contributed by atoms with Gasteiger partial charge in [0.1, 0.15) is 0 Å². The summed E-state index contributed by atoms with van der Waals surface area (Å²) in [6.45, 7) is 4.81. The van der Waals surface area contributed by atoms with Crippen LogP contribution in [0.4, 0.5) is 0 Å². The third-order valence-electron chi connectivity index (χ3n) is 3.67. The average Bonchev–Trinajstić information content (AvgIpc) is 2.36. The van der Waals surface area contributed by atoms with E-state index in [-0.39, 0.29) is 17.4 Å². The van der Waals surface area contributed by atoms with Crippen molar-refractivity contribution in [3.63, 3.8) is 0 Å². The summed E-state index contributed by atoms with van der Waals surface area (Å²) in [6, 6.07) is -0.000949. The van der Waals surface area contributed by atoms with Gasteiger partial charge in [0.25, 0.3) is 0 Å². The minimum Gasteiger partial charge on any atom is -0.375 e. The first-order valence-electron chi connectivity index (χ1n) is 6.67. The van der Waals surface area contributed by atoms with E-state index in [2.05, 4.69) is 18.6 Å². The molecule has 1 atom stereocenters. The van der Waals surface area contributed by atoms with Crippen molar-refractivity contribution < 1.29 is 13.2 Å². The van der Waals surface area contributed by atoms with E-state index in [1.54, 1.807) is 0 Å². The highest BCUT2D eigenvalue weighted by Gasteiger charge is 2.35. The Balaban J connectivity index is 2.57. The maximum absolute atomic E-state index is 11.8. The van der Waals surface area contributed by atoms with Crippen LogP contribution in [0.1, 0.15) is 46.0 Å². The van der Waals surface area contributed by atoms with E-state index in [4.69, 9.17) is 16.3 Å². The zero-order valence-corrected chi connectivity index (χ0v) is 12.8. The summed E-state index contributed by atoms with van der Waals surface area (Å²) in [4.78, 5) is 0. The van der Waals surface area contributed by atoms with E-state index in [9.17, 15) is 8.42 Å². The molecule has 0 aliphatic carbocycles. The molecule has 18 heavy (non-hydrogen) atoms. The largest absolute Gasteiger partial charge is 0.375 e. The molecular formula is C12H24ClNO3S. The predicted molar refractivity (Wildman–Crippen MR) is 74.5 cm³/mol. The molecule has 0 radical (unpaired) electrons. The van der Waals surface area contributed by atoms with Crippen LogP contribution in [0.2, 0.25) is 0 Å². The van der Waals surface area contributed by atoms with Crippen molar-refractivity contribution in [2.75, 3.05) is 18.2 Å². The Morgan fingerprint density at radius 3 is 2.61 bits per heavy atom. The Morgan fingerprint density at radius 1 is 1.39 bits per heavy atom. The number of hydrogen-bond acceptors (Lipinski definition) is 3. The van der Waals surface area contributed by atoms with E-state index >= 15 is 0 Å². The number of ether oxygens (including phenoxy) is 1. The zero-order valence-electron chi connectivity index (χ0n) is 11.2. The van der Waals surface area contributed by atoms with Crippen LogP contribution in [0.15, 0.2) is 0 Å². The minimum atomic E-state index is -3.20. The van der Waals surface area contributed by atoms with Gasteiger partial charge in [-0.2, -0.15) is 0 Å². The van der Waals surface area contributed by atoms with Gasteiger partial charge in [0, 0.05) is 18.5 Å². The maximum atomic E-state index is 11.8. The van der Waals surface area contributed by atoms with Gasteiger partial charge >= 0.3 is 0 Å². The van der Waals surface area contributed by atoms with Crippen molar-refractivity contribution in [1.29, 1.82) is 0 Å². The lowest BCUT2D eigenvalue weighted by Gasteiger charge is -2.40. The summed E-state index contributed by atoms with van der Waals surface area (Å²) in [5.74, 6) is 0.488. The van der Waals surface area contributed by atoms with Gasteiger partial charge in [-0.15, -0.1) is 11.6 Å². The van der Waals surface area contributed by atoms with Gasteiger partial charge in [-0.05, 0) is 32.1 Å². The second kappa shape index (κ2) is 7.08. The Morgan fingerprint density at radius 2 is 2.06 bits per heavy atom. The van der Waals surface area contributed by atoms with Crippen molar-refractivity contribution in [3.05, 3.63) is 0 Å². The minimum absolute atomic E-state index is 0.000949. The second-order valence-corrected chi connectivity index (χ2v) is 7.16. The van der Waals surface area contributed by atoms with E-state index in [0.29, 0.717) is 18.9 Å². The van der Waals surface area contributed by atoms with E-state index < -0.39 is 10.0 Å². The van der Waals surface area contributed by atoms with Crippen molar-refractivity contribution in [2.24, 2.45) is 0 Å². The van der Waals surface area contributed by atoms with Gasteiger partial charge in [0.05, 0.1) is 11.4 Å². The molecule has 0 bridgehead atoms. The summed E-state index contributed by atoms with van der Waals surface area (Å²) < 4.78 is 32.3. The number of nitrogens with one attached hydrogen (secondary N) is 1. The molecule has 1 rings (SSSR count). The Bertz CT molecular complexity index is 341. The lowest BCUT2D eigenvalue weighted by atomic mass is 9.86. The van der Waals surface area contributed by atoms with Crippen molar-refractivity contribution in [3.8, 4) is 0 Å². The van der Waals surface area contributed by atoms with Crippen molar-refractivity contribution in [2.45, 2.75) is 57.6 Å². The number of alkyl halides is 1. The Labute approximate surface area is 115 Å². The summed E-state index contributed by atoms with van der Waals surface area (Å²) in [5.41, 5.74) is -0.155. The van der Waals surface area contributed by atoms with Crippen molar-refractivity contribution in [1.82, 2.24) is 4.72 Å². The highest BCUT2D eigenvalue weighted by Crippen LogP contribution is 2.31. The summed E-state index contributed by atoms with van der Waals surface area (Å²) in [6.07, 6.45) is 3.85. The molecule has 4 nitrogen and oxygen atoms in total. The fourth-order valence-corrected chi connectivity index (χ4v) is 4.07. The molecule has 108 valence electrons. The zero-order chi connectivity index (χ0) is 13.6. The van der Waals surface area contributed by atoms with E-state index in [0.717, 1.165) is 25.7 Å². The smallest absolute Gasteiger partial charge is 0.211 e. The molecule has 0 saturated carbocycles. The fraction of sp³-hybridized carbons (Fsp3) is 1.00. The molecule has 1 saturated heterocycles. The normalized spacial score (nSPS) is 24.1. The second-order valence-electron chi connectivity index (χ2n) is 4.91. The average molecular weight is 298 g/mol. The molecule has 1 aliphatic heterocycles. The van der Waals surface area contributed by atoms with Crippen LogP contribution in [0.5, 0.6) is 0 Å². The van der Waals surface area contributed by atoms with Gasteiger partial charge in [-0.25, -0.2) is 13.1 Å². The van der Waals surface area contributed by atoms with E-state index in [1.165, 1.54) is 0 Å². The van der Waals surface area contributed by atoms with Gasteiger partial charge < -0.3 is 4.74 Å². The summed E-state index contributed by atoms with van der Waals surface area (Å²) in [5, 5.41) is 0.